The zero-order valence-corrected chi connectivity index (χ0v) is 12.9. The number of benzene rings is 1. The van der Waals surface area contributed by atoms with E-state index in [1.54, 1.807) is 0 Å². The van der Waals surface area contributed by atoms with Crippen LogP contribution in [0.4, 0.5) is 0 Å². The molecule has 0 saturated heterocycles. The van der Waals surface area contributed by atoms with Gasteiger partial charge in [0.2, 0.25) is 5.56 Å². The largest absolute Gasteiger partial charge is 0.348 e. The number of fused-ring (bicyclic) bond motifs is 1. The number of aromatic nitrogens is 1. The normalized spacial score (nSPS) is 15.9. The van der Waals surface area contributed by atoms with Crippen molar-refractivity contribution in [3.63, 3.8) is 0 Å². The SMILES string of the molecule is NCC(NC(=O)c1cc(=O)[nH]c2c(Br)cccc12)C1CC1. The van der Waals surface area contributed by atoms with Crippen LogP contribution in [0.2, 0.25) is 0 Å². The van der Waals surface area contributed by atoms with Crippen LogP contribution in [0, 0.1) is 5.92 Å². The maximum Gasteiger partial charge on any atom is 0.252 e. The van der Waals surface area contributed by atoms with E-state index in [0.29, 0.717) is 28.9 Å². The van der Waals surface area contributed by atoms with E-state index < -0.39 is 0 Å². The number of rotatable bonds is 4. The van der Waals surface area contributed by atoms with Crippen molar-refractivity contribution in [1.29, 1.82) is 0 Å². The van der Waals surface area contributed by atoms with Gasteiger partial charge in [-0.3, -0.25) is 9.59 Å². The van der Waals surface area contributed by atoms with Gasteiger partial charge in [0, 0.05) is 28.5 Å². The lowest BCUT2D eigenvalue weighted by molar-refractivity contribution is 0.0935. The molecule has 110 valence electrons. The standard InChI is InChI=1S/C15H16BrN3O2/c16-11-3-1-2-9-10(6-13(20)19-14(9)11)15(21)18-12(7-17)8-4-5-8/h1-3,6,8,12H,4-5,7,17H2,(H,18,21)(H,19,20). The predicted octanol–water partition coefficient (Wildman–Crippen LogP) is 1.76. The van der Waals surface area contributed by atoms with Crippen molar-refractivity contribution in [2.45, 2.75) is 18.9 Å². The summed E-state index contributed by atoms with van der Waals surface area (Å²) in [5, 5.41) is 3.67. The highest BCUT2D eigenvalue weighted by atomic mass is 79.9. The van der Waals surface area contributed by atoms with E-state index in [-0.39, 0.29) is 17.5 Å². The van der Waals surface area contributed by atoms with Gasteiger partial charge in [0.1, 0.15) is 0 Å². The van der Waals surface area contributed by atoms with Crippen molar-refractivity contribution >= 4 is 32.7 Å². The second kappa shape index (κ2) is 5.61. The van der Waals surface area contributed by atoms with Gasteiger partial charge in [-0.1, -0.05) is 12.1 Å². The van der Waals surface area contributed by atoms with Crippen LogP contribution in [0.5, 0.6) is 0 Å². The number of para-hydroxylation sites is 1. The van der Waals surface area contributed by atoms with Crippen molar-refractivity contribution < 1.29 is 4.79 Å². The van der Waals surface area contributed by atoms with Gasteiger partial charge in [-0.05, 0) is 40.8 Å². The van der Waals surface area contributed by atoms with E-state index in [0.717, 1.165) is 17.3 Å². The lowest BCUT2D eigenvalue weighted by atomic mass is 10.1. The van der Waals surface area contributed by atoms with Crippen molar-refractivity contribution in [2.75, 3.05) is 6.54 Å². The summed E-state index contributed by atoms with van der Waals surface area (Å²) in [4.78, 5) is 27.0. The molecule has 1 heterocycles. The monoisotopic (exact) mass is 349 g/mol. The molecule has 0 aliphatic heterocycles. The molecule has 1 unspecified atom stereocenters. The summed E-state index contributed by atoms with van der Waals surface area (Å²) in [5.41, 5.74) is 6.43. The number of carbonyl (C=O) groups excluding carboxylic acids is 1. The fourth-order valence-electron chi connectivity index (χ4n) is 2.55. The molecule has 0 bridgehead atoms. The molecule has 0 spiro atoms. The first-order valence-corrected chi connectivity index (χ1v) is 7.72. The molecule has 1 atom stereocenters. The number of aromatic amines is 1. The molecule has 1 aromatic heterocycles. The number of carbonyl (C=O) groups is 1. The number of amides is 1. The minimum atomic E-state index is -0.296. The first kappa shape index (κ1) is 14.3. The Labute approximate surface area is 130 Å². The summed E-state index contributed by atoms with van der Waals surface area (Å²) in [6.07, 6.45) is 2.20. The Morgan fingerprint density at radius 1 is 1.48 bits per heavy atom. The van der Waals surface area contributed by atoms with E-state index in [4.69, 9.17) is 5.73 Å². The highest BCUT2D eigenvalue weighted by molar-refractivity contribution is 9.10. The van der Waals surface area contributed by atoms with Crippen LogP contribution in [-0.2, 0) is 0 Å². The number of nitrogens with two attached hydrogens (primary N) is 1. The minimum Gasteiger partial charge on any atom is -0.348 e. The van der Waals surface area contributed by atoms with Crippen LogP contribution < -0.4 is 16.6 Å². The van der Waals surface area contributed by atoms with Crippen molar-refractivity contribution in [3.05, 3.63) is 44.7 Å². The molecule has 5 nitrogen and oxygen atoms in total. The first-order chi connectivity index (χ1) is 10.1. The Bertz CT molecular complexity index is 752. The van der Waals surface area contributed by atoms with Crippen LogP contribution in [-0.4, -0.2) is 23.5 Å². The van der Waals surface area contributed by atoms with Crippen LogP contribution in [0.25, 0.3) is 10.9 Å². The number of nitrogens with one attached hydrogen (secondary N) is 2. The van der Waals surface area contributed by atoms with E-state index in [1.807, 2.05) is 18.2 Å². The lowest BCUT2D eigenvalue weighted by Crippen LogP contribution is -2.42. The Kier molecular flexibility index (Phi) is 3.82. The van der Waals surface area contributed by atoms with Crippen LogP contribution >= 0.6 is 15.9 Å². The molecule has 1 aromatic carbocycles. The molecular formula is C15H16BrN3O2. The van der Waals surface area contributed by atoms with Gasteiger partial charge in [0.15, 0.2) is 0 Å². The highest BCUT2D eigenvalue weighted by Gasteiger charge is 2.31. The van der Waals surface area contributed by atoms with Crippen molar-refractivity contribution in [1.82, 2.24) is 10.3 Å². The molecule has 1 aliphatic rings. The molecule has 4 N–H and O–H groups in total. The molecule has 21 heavy (non-hydrogen) atoms. The van der Waals surface area contributed by atoms with Crippen LogP contribution in [0.15, 0.2) is 33.5 Å². The fraction of sp³-hybridized carbons (Fsp3) is 0.333. The Morgan fingerprint density at radius 3 is 2.90 bits per heavy atom. The Balaban J connectivity index is 2.01. The molecule has 1 aliphatic carbocycles. The summed E-state index contributed by atoms with van der Waals surface area (Å²) in [7, 11) is 0. The Hall–Kier alpha value is -1.66. The van der Waals surface area contributed by atoms with Gasteiger partial charge in [-0.2, -0.15) is 0 Å². The number of hydrogen-bond donors (Lipinski definition) is 3. The number of H-pyrrole nitrogens is 1. The smallest absolute Gasteiger partial charge is 0.252 e. The number of pyridine rings is 1. The zero-order valence-electron chi connectivity index (χ0n) is 11.4. The molecule has 2 aromatic rings. The van der Waals surface area contributed by atoms with Crippen LogP contribution in [0.3, 0.4) is 0 Å². The summed E-state index contributed by atoms with van der Waals surface area (Å²) < 4.78 is 0.754. The average Bonchev–Trinajstić information content (AvgIpc) is 3.29. The fourth-order valence-corrected chi connectivity index (χ4v) is 3.01. The number of hydrogen-bond acceptors (Lipinski definition) is 3. The molecule has 0 radical (unpaired) electrons. The summed E-state index contributed by atoms with van der Waals surface area (Å²) in [6, 6.07) is 6.80. The molecular weight excluding hydrogens is 334 g/mol. The number of halogens is 1. The summed E-state index contributed by atoms with van der Waals surface area (Å²) in [6.45, 7) is 0.418. The average molecular weight is 350 g/mol. The van der Waals surface area contributed by atoms with Gasteiger partial charge in [-0.25, -0.2) is 0 Å². The molecule has 1 fully saturated rings. The van der Waals surface area contributed by atoms with Gasteiger partial charge in [-0.15, -0.1) is 0 Å². The molecule has 1 saturated carbocycles. The quantitative estimate of drug-likeness (QED) is 0.785. The highest BCUT2D eigenvalue weighted by Crippen LogP contribution is 2.32. The summed E-state index contributed by atoms with van der Waals surface area (Å²) in [5.74, 6) is 0.227. The van der Waals surface area contributed by atoms with E-state index in [2.05, 4.69) is 26.2 Å². The van der Waals surface area contributed by atoms with Crippen molar-refractivity contribution in [2.24, 2.45) is 11.7 Å². The molecule has 3 rings (SSSR count). The van der Waals surface area contributed by atoms with Crippen molar-refractivity contribution in [3.8, 4) is 0 Å². The second-order valence-electron chi connectivity index (χ2n) is 5.36. The minimum absolute atomic E-state index is 0.0148. The Morgan fingerprint density at radius 2 is 2.24 bits per heavy atom. The molecule has 1 amide bonds. The maximum atomic E-state index is 12.5. The lowest BCUT2D eigenvalue weighted by Gasteiger charge is -2.16. The van der Waals surface area contributed by atoms with Gasteiger partial charge in [0.05, 0.1) is 11.1 Å². The second-order valence-corrected chi connectivity index (χ2v) is 6.22. The summed E-state index contributed by atoms with van der Waals surface area (Å²) >= 11 is 3.39. The zero-order chi connectivity index (χ0) is 15.0. The van der Waals surface area contributed by atoms with E-state index in [1.165, 1.54) is 6.07 Å². The third kappa shape index (κ3) is 2.87. The van der Waals surface area contributed by atoms with E-state index in [9.17, 15) is 9.59 Å². The first-order valence-electron chi connectivity index (χ1n) is 6.92. The van der Waals surface area contributed by atoms with E-state index >= 15 is 0 Å². The topological polar surface area (TPSA) is 88.0 Å². The van der Waals surface area contributed by atoms with Crippen LogP contribution in [0.1, 0.15) is 23.2 Å². The maximum absolute atomic E-state index is 12.5. The third-order valence-corrected chi connectivity index (χ3v) is 4.49. The third-order valence-electron chi connectivity index (χ3n) is 3.83. The predicted molar refractivity (Wildman–Crippen MR) is 85.3 cm³/mol. The van der Waals surface area contributed by atoms with Gasteiger partial charge < -0.3 is 16.0 Å². The van der Waals surface area contributed by atoms with Gasteiger partial charge >= 0.3 is 0 Å². The van der Waals surface area contributed by atoms with Gasteiger partial charge in [0.25, 0.3) is 5.91 Å². The molecule has 6 heteroatoms.